The average molecular weight is 334 g/mol. The lowest BCUT2D eigenvalue weighted by atomic mass is 10.2. The number of ether oxygens (including phenoxy) is 2. The predicted molar refractivity (Wildman–Crippen MR) is 92.5 cm³/mol. The highest BCUT2D eigenvalue weighted by molar-refractivity contribution is 6.30. The van der Waals surface area contributed by atoms with Crippen LogP contribution in [0.1, 0.15) is 18.9 Å². The van der Waals surface area contributed by atoms with Gasteiger partial charge >= 0.3 is 0 Å². The number of hydrogen-bond acceptors (Lipinski definition) is 3. The Hall–Kier alpha value is -2.20. The van der Waals surface area contributed by atoms with Crippen molar-refractivity contribution in [2.24, 2.45) is 0 Å². The van der Waals surface area contributed by atoms with Crippen LogP contribution in [0.25, 0.3) is 0 Å². The molecule has 23 heavy (non-hydrogen) atoms. The van der Waals surface area contributed by atoms with Gasteiger partial charge in [-0.2, -0.15) is 0 Å². The second kappa shape index (κ2) is 8.44. The fourth-order valence-corrected chi connectivity index (χ4v) is 2.18. The minimum atomic E-state index is -0.221. The van der Waals surface area contributed by atoms with Gasteiger partial charge in [0.05, 0.1) is 6.61 Å². The molecule has 0 saturated carbocycles. The third-order valence-corrected chi connectivity index (χ3v) is 3.36. The molecule has 2 aromatic rings. The Balaban J connectivity index is 1.84. The van der Waals surface area contributed by atoms with Crippen molar-refractivity contribution >= 4 is 23.2 Å². The number of halogens is 1. The molecule has 0 aromatic heterocycles. The van der Waals surface area contributed by atoms with Crippen LogP contribution in [0, 0.1) is 6.92 Å². The lowest BCUT2D eigenvalue weighted by Crippen LogP contribution is -2.20. The standard InChI is InChI=1S/C18H20ClNO3/c1-3-10-22-15-5-7-16(8-6-15)23-12-18(21)20-17-9-4-14(19)11-13(17)2/h4-9,11H,3,10,12H2,1-2H3,(H,20,21). The molecule has 0 heterocycles. The smallest absolute Gasteiger partial charge is 0.262 e. The summed E-state index contributed by atoms with van der Waals surface area (Å²) in [6.45, 7) is 4.57. The zero-order valence-corrected chi connectivity index (χ0v) is 14.0. The van der Waals surface area contributed by atoms with Crippen molar-refractivity contribution in [3.05, 3.63) is 53.1 Å². The number of carbonyl (C=O) groups is 1. The zero-order chi connectivity index (χ0) is 16.7. The Bertz CT molecular complexity index is 656. The van der Waals surface area contributed by atoms with Crippen molar-refractivity contribution in [3.63, 3.8) is 0 Å². The molecule has 1 N–H and O–H groups in total. The second-order valence-corrected chi connectivity index (χ2v) is 5.55. The zero-order valence-electron chi connectivity index (χ0n) is 13.3. The molecule has 122 valence electrons. The molecule has 2 aromatic carbocycles. The highest BCUT2D eigenvalue weighted by Gasteiger charge is 2.06. The topological polar surface area (TPSA) is 47.6 Å². The molecular weight excluding hydrogens is 314 g/mol. The molecule has 0 aliphatic rings. The van der Waals surface area contributed by atoms with Gasteiger partial charge in [-0.05, 0) is 61.4 Å². The van der Waals surface area contributed by atoms with E-state index in [2.05, 4.69) is 12.2 Å². The lowest BCUT2D eigenvalue weighted by molar-refractivity contribution is -0.118. The van der Waals surface area contributed by atoms with Crippen LogP contribution in [-0.4, -0.2) is 19.1 Å². The maximum Gasteiger partial charge on any atom is 0.262 e. The Labute approximate surface area is 141 Å². The van der Waals surface area contributed by atoms with Gasteiger partial charge in [0.25, 0.3) is 5.91 Å². The molecular formula is C18H20ClNO3. The van der Waals surface area contributed by atoms with Gasteiger partial charge in [-0.3, -0.25) is 4.79 Å². The maximum atomic E-state index is 11.9. The van der Waals surface area contributed by atoms with E-state index in [1.54, 1.807) is 30.3 Å². The summed E-state index contributed by atoms with van der Waals surface area (Å²) in [6.07, 6.45) is 0.961. The quantitative estimate of drug-likeness (QED) is 0.814. The molecule has 2 rings (SSSR count). The molecule has 0 unspecified atom stereocenters. The number of amides is 1. The van der Waals surface area contributed by atoms with Gasteiger partial charge in [-0.25, -0.2) is 0 Å². The summed E-state index contributed by atoms with van der Waals surface area (Å²) in [5.41, 5.74) is 1.63. The van der Waals surface area contributed by atoms with E-state index in [-0.39, 0.29) is 12.5 Å². The van der Waals surface area contributed by atoms with Gasteiger partial charge < -0.3 is 14.8 Å². The molecule has 5 heteroatoms. The van der Waals surface area contributed by atoms with Crippen LogP contribution in [-0.2, 0) is 4.79 Å². The summed E-state index contributed by atoms with van der Waals surface area (Å²) in [5.74, 6) is 1.19. The summed E-state index contributed by atoms with van der Waals surface area (Å²) in [6, 6.07) is 12.5. The maximum absolute atomic E-state index is 11.9. The van der Waals surface area contributed by atoms with E-state index in [4.69, 9.17) is 21.1 Å². The summed E-state index contributed by atoms with van der Waals surface area (Å²) in [7, 11) is 0. The van der Waals surface area contributed by atoms with Crippen LogP contribution >= 0.6 is 11.6 Å². The van der Waals surface area contributed by atoms with Crippen LogP contribution in [0.5, 0.6) is 11.5 Å². The van der Waals surface area contributed by atoms with Gasteiger partial charge in [0.15, 0.2) is 6.61 Å². The Kier molecular flexibility index (Phi) is 6.29. The summed E-state index contributed by atoms with van der Waals surface area (Å²) in [5, 5.41) is 3.44. The SMILES string of the molecule is CCCOc1ccc(OCC(=O)Nc2ccc(Cl)cc2C)cc1. The second-order valence-electron chi connectivity index (χ2n) is 5.12. The highest BCUT2D eigenvalue weighted by Crippen LogP contribution is 2.20. The van der Waals surface area contributed by atoms with Crippen LogP contribution < -0.4 is 14.8 Å². The molecule has 0 atom stereocenters. The van der Waals surface area contributed by atoms with Crippen molar-refractivity contribution in [2.75, 3.05) is 18.5 Å². The number of nitrogens with one attached hydrogen (secondary N) is 1. The first-order valence-corrected chi connectivity index (χ1v) is 7.88. The van der Waals surface area contributed by atoms with Gasteiger partial charge in [0, 0.05) is 10.7 Å². The molecule has 1 amide bonds. The number of anilines is 1. The van der Waals surface area contributed by atoms with Crippen LogP contribution in [0.2, 0.25) is 5.02 Å². The number of carbonyl (C=O) groups excluding carboxylic acids is 1. The Morgan fingerprint density at radius 1 is 1.09 bits per heavy atom. The third kappa shape index (κ3) is 5.49. The van der Waals surface area contributed by atoms with Crippen LogP contribution in [0.3, 0.4) is 0 Å². The van der Waals surface area contributed by atoms with E-state index >= 15 is 0 Å². The van der Waals surface area contributed by atoms with Crippen molar-refractivity contribution in [1.82, 2.24) is 0 Å². The van der Waals surface area contributed by atoms with Gasteiger partial charge in [-0.1, -0.05) is 18.5 Å². The first-order valence-electron chi connectivity index (χ1n) is 7.50. The van der Waals surface area contributed by atoms with E-state index in [1.807, 2.05) is 19.1 Å². The Morgan fingerprint density at radius 3 is 2.35 bits per heavy atom. The van der Waals surface area contributed by atoms with Gasteiger partial charge in [0.1, 0.15) is 11.5 Å². The predicted octanol–water partition coefficient (Wildman–Crippen LogP) is 4.45. The number of hydrogen-bond donors (Lipinski definition) is 1. The molecule has 0 radical (unpaired) electrons. The van der Waals surface area contributed by atoms with Gasteiger partial charge in [0.2, 0.25) is 0 Å². The van der Waals surface area contributed by atoms with Crippen LogP contribution in [0.15, 0.2) is 42.5 Å². The highest BCUT2D eigenvalue weighted by atomic mass is 35.5. The molecule has 0 fully saturated rings. The van der Waals surface area contributed by atoms with Crippen LogP contribution in [0.4, 0.5) is 5.69 Å². The molecule has 0 aliphatic heterocycles. The third-order valence-electron chi connectivity index (χ3n) is 3.13. The fourth-order valence-electron chi connectivity index (χ4n) is 1.95. The van der Waals surface area contributed by atoms with Crippen molar-refractivity contribution in [2.45, 2.75) is 20.3 Å². The summed E-state index contributed by atoms with van der Waals surface area (Å²) in [4.78, 5) is 11.9. The minimum Gasteiger partial charge on any atom is -0.494 e. The molecule has 0 aliphatic carbocycles. The molecule has 0 spiro atoms. The lowest BCUT2D eigenvalue weighted by Gasteiger charge is -2.10. The normalized spacial score (nSPS) is 10.2. The first-order chi connectivity index (χ1) is 11.1. The summed E-state index contributed by atoms with van der Waals surface area (Å²) < 4.78 is 11.0. The summed E-state index contributed by atoms with van der Waals surface area (Å²) >= 11 is 5.89. The molecule has 0 saturated heterocycles. The molecule has 4 nitrogen and oxygen atoms in total. The van der Waals surface area contributed by atoms with Crippen molar-refractivity contribution in [3.8, 4) is 11.5 Å². The van der Waals surface area contributed by atoms with E-state index in [0.717, 1.165) is 23.4 Å². The number of rotatable bonds is 7. The minimum absolute atomic E-state index is 0.0583. The van der Waals surface area contributed by atoms with E-state index < -0.39 is 0 Å². The van der Waals surface area contributed by atoms with Crippen molar-refractivity contribution < 1.29 is 14.3 Å². The number of aryl methyl sites for hydroxylation is 1. The van der Waals surface area contributed by atoms with Gasteiger partial charge in [-0.15, -0.1) is 0 Å². The average Bonchev–Trinajstić information content (AvgIpc) is 2.54. The first kappa shape index (κ1) is 17.2. The Morgan fingerprint density at radius 2 is 1.74 bits per heavy atom. The van der Waals surface area contributed by atoms with E-state index in [9.17, 15) is 4.79 Å². The monoisotopic (exact) mass is 333 g/mol. The van der Waals surface area contributed by atoms with E-state index in [0.29, 0.717) is 17.4 Å². The fraction of sp³-hybridized carbons (Fsp3) is 0.278. The number of benzene rings is 2. The molecule has 0 bridgehead atoms. The van der Waals surface area contributed by atoms with E-state index in [1.165, 1.54) is 0 Å². The largest absolute Gasteiger partial charge is 0.494 e. The van der Waals surface area contributed by atoms with Crippen molar-refractivity contribution in [1.29, 1.82) is 0 Å².